The minimum Gasteiger partial charge on any atom is -0.293 e. The number of Topliss-reactive ketones (excluding diaryl/α,β-unsaturated/α-hetero) is 1. The van der Waals surface area contributed by atoms with Gasteiger partial charge in [0.05, 0.1) is 5.75 Å². The zero-order chi connectivity index (χ0) is 17.1. The number of ketones is 1. The van der Waals surface area contributed by atoms with E-state index in [9.17, 15) is 4.79 Å². The van der Waals surface area contributed by atoms with Gasteiger partial charge in [-0.2, -0.15) is 0 Å². The van der Waals surface area contributed by atoms with Crippen molar-refractivity contribution in [1.29, 1.82) is 0 Å². The number of carbonyl (C=O) groups is 1. The highest BCUT2D eigenvalue weighted by molar-refractivity contribution is 7.99. The van der Waals surface area contributed by atoms with Gasteiger partial charge in [0, 0.05) is 16.1 Å². The van der Waals surface area contributed by atoms with Crippen LogP contribution < -0.4 is 0 Å². The lowest BCUT2D eigenvalue weighted by Crippen LogP contribution is -2.05. The highest BCUT2D eigenvalue weighted by Gasteiger charge is 2.12. The molecule has 122 valence electrons. The number of hydrogen-bond acceptors (Lipinski definition) is 4. The topological polar surface area (TPSA) is 58.6 Å². The van der Waals surface area contributed by atoms with Crippen molar-refractivity contribution in [1.82, 2.24) is 15.2 Å². The zero-order valence-electron chi connectivity index (χ0n) is 13.3. The summed E-state index contributed by atoms with van der Waals surface area (Å²) in [5, 5.41) is 8.27. The summed E-state index contributed by atoms with van der Waals surface area (Å²) in [4.78, 5) is 16.8. The summed E-state index contributed by atoms with van der Waals surface area (Å²) in [5.74, 6) is 1.05. The van der Waals surface area contributed by atoms with Crippen LogP contribution in [0.4, 0.5) is 0 Å². The fourth-order valence-corrected chi connectivity index (χ4v) is 3.19. The highest BCUT2D eigenvalue weighted by Crippen LogP contribution is 2.22. The Morgan fingerprint density at radius 3 is 2.62 bits per heavy atom. The number of nitrogens with zero attached hydrogens (tertiary/aromatic N) is 2. The Morgan fingerprint density at radius 1 is 1.17 bits per heavy atom. The molecule has 0 unspecified atom stereocenters. The number of aromatic nitrogens is 3. The number of aromatic amines is 1. The van der Waals surface area contributed by atoms with Crippen molar-refractivity contribution >= 4 is 29.1 Å². The van der Waals surface area contributed by atoms with E-state index in [0.29, 0.717) is 21.8 Å². The fraction of sp³-hybridized carbons (Fsp3) is 0.167. The molecule has 6 heteroatoms. The molecule has 0 spiro atoms. The van der Waals surface area contributed by atoms with Crippen LogP contribution in [0.15, 0.2) is 47.6 Å². The molecule has 3 aromatic rings. The molecule has 0 aliphatic carbocycles. The van der Waals surface area contributed by atoms with Gasteiger partial charge in [-0.15, -0.1) is 5.10 Å². The van der Waals surface area contributed by atoms with Gasteiger partial charge < -0.3 is 0 Å². The van der Waals surface area contributed by atoms with Gasteiger partial charge in [0.1, 0.15) is 0 Å². The first kappa shape index (κ1) is 16.7. The third-order valence-corrected chi connectivity index (χ3v) is 4.70. The van der Waals surface area contributed by atoms with Crippen LogP contribution in [0.2, 0.25) is 5.02 Å². The predicted octanol–water partition coefficient (Wildman–Crippen LogP) is 4.72. The van der Waals surface area contributed by atoms with E-state index in [1.54, 1.807) is 12.1 Å². The van der Waals surface area contributed by atoms with Gasteiger partial charge in [-0.25, -0.2) is 4.98 Å². The molecule has 0 saturated heterocycles. The third-order valence-electron chi connectivity index (χ3n) is 3.60. The Hall–Kier alpha value is -2.11. The van der Waals surface area contributed by atoms with Gasteiger partial charge in [-0.05, 0) is 43.7 Å². The summed E-state index contributed by atoms with van der Waals surface area (Å²) in [6.45, 7) is 3.97. The van der Waals surface area contributed by atoms with E-state index >= 15 is 0 Å². The molecule has 2 aromatic carbocycles. The molecule has 0 bridgehead atoms. The molecule has 4 nitrogen and oxygen atoms in total. The van der Waals surface area contributed by atoms with E-state index < -0.39 is 0 Å². The average Bonchev–Trinajstić information content (AvgIpc) is 3.02. The minimum absolute atomic E-state index is 0.0790. The standard InChI is InChI=1S/C18H16ClN3OS/c1-11-3-8-15(12(2)9-11)16(23)10-24-18-20-17(21-22-18)13-4-6-14(19)7-5-13/h3-9H,10H2,1-2H3,(H,20,21,22). The molecule has 0 radical (unpaired) electrons. The van der Waals surface area contributed by atoms with Crippen LogP contribution in [0.1, 0.15) is 21.5 Å². The van der Waals surface area contributed by atoms with E-state index in [0.717, 1.165) is 22.3 Å². The van der Waals surface area contributed by atoms with E-state index in [2.05, 4.69) is 15.2 Å². The molecule has 0 saturated carbocycles. The maximum Gasteiger partial charge on any atom is 0.209 e. The second kappa shape index (κ2) is 7.20. The lowest BCUT2D eigenvalue weighted by molar-refractivity contribution is 0.102. The van der Waals surface area contributed by atoms with Crippen LogP contribution >= 0.6 is 23.4 Å². The number of carbonyl (C=O) groups excluding carboxylic acids is 1. The number of nitrogens with one attached hydrogen (secondary N) is 1. The van der Waals surface area contributed by atoms with Crippen LogP contribution in [-0.4, -0.2) is 26.7 Å². The summed E-state index contributed by atoms with van der Waals surface area (Å²) < 4.78 is 0. The summed E-state index contributed by atoms with van der Waals surface area (Å²) in [6.07, 6.45) is 0. The Labute approximate surface area is 149 Å². The molecule has 3 rings (SSSR count). The van der Waals surface area contributed by atoms with Crippen molar-refractivity contribution < 1.29 is 4.79 Å². The number of halogens is 1. The van der Waals surface area contributed by atoms with Crippen molar-refractivity contribution in [3.63, 3.8) is 0 Å². The van der Waals surface area contributed by atoms with Crippen molar-refractivity contribution in [2.24, 2.45) is 0 Å². The molecule has 1 heterocycles. The van der Waals surface area contributed by atoms with E-state index in [1.807, 2.05) is 44.2 Å². The van der Waals surface area contributed by atoms with E-state index in [-0.39, 0.29) is 5.78 Å². The number of hydrogen-bond donors (Lipinski definition) is 1. The monoisotopic (exact) mass is 357 g/mol. The van der Waals surface area contributed by atoms with Crippen LogP contribution in [0.5, 0.6) is 0 Å². The lowest BCUT2D eigenvalue weighted by Gasteiger charge is -2.04. The molecule has 1 N–H and O–H groups in total. The Bertz CT molecular complexity index is 874. The van der Waals surface area contributed by atoms with Crippen LogP contribution in [0.3, 0.4) is 0 Å². The maximum absolute atomic E-state index is 12.4. The van der Waals surface area contributed by atoms with Crippen molar-refractivity contribution in [3.05, 3.63) is 64.2 Å². The molecule has 0 amide bonds. The molecule has 0 fully saturated rings. The van der Waals surface area contributed by atoms with Gasteiger partial charge in [0.15, 0.2) is 11.6 Å². The van der Waals surface area contributed by atoms with Crippen LogP contribution in [0, 0.1) is 13.8 Å². The molecular formula is C18H16ClN3OS. The van der Waals surface area contributed by atoms with Crippen LogP contribution in [0.25, 0.3) is 11.4 Å². The van der Waals surface area contributed by atoms with Gasteiger partial charge in [0.25, 0.3) is 0 Å². The Kier molecular flexibility index (Phi) is 5.02. The largest absolute Gasteiger partial charge is 0.293 e. The summed E-state index contributed by atoms with van der Waals surface area (Å²) in [5.41, 5.74) is 3.80. The van der Waals surface area contributed by atoms with Gasteiger partial charge >= 0.3 is 0 Å². The van der Waals surface area contributed by atoms with Gasteiger partial charge in [0.2, 0.25) is 5.16 Å². The normalized spacial score (nSPS) is 10.8. The minimum atomic E-state index is 0.0790. The SMILES string of the molecule is Cc1ccc(C(=O)CSc2n[nH]c(-c3ccc(Cl)cc3)n2)c(C)c1. The second-order valence-corrected chi connectivity index (χ2v) is 6.88. The second-order valence-electron chi connectivity index (χ2n) is 5.50. The quantitative estimate of drug-likeness (QED) is 0.530. The first-order valence-corrected chi connectivity index (χ1v) is 8.81. The van der Waals surface area contributed by atoms with Gasteiger partial charge in [-0.1, -0.05) is 47.1 Å². The van der Waals surface area contributed by atoms with Crippen molar-refractivity contribution in [2.75, 3.05) is 5.75 Å². The van der Waals surface area contributed by atoms with Gasteiger partial charge in [-0.3, -0.25) is 9.89 Å². The summed E-state index contributed by atoms with van der Waals surface area (Å²) in [7, 11) is 0. The summed E-state index contributed by atoms with van der Waals surface area (Å²) in [6, 6.07) is 13.2. The first-order valence-electron chi connectivity index (χ1n) is 7.44. The lowest BCUT2D eigenvalue weighted by atomic mass is 10.0. The number of H-pyrrole nitrogens is 1. The predicted molar refractivity (Wildman–Crippen MR) is 97.8 cm³/mol. The molecule has 0 aliphatic heterocycles. The molecule has 0 aliphatic rings. The first-order chi connectivity index (χ1) is 11.5. The molecule has 1 aromatic heterocycles. The zero-order valence-corrected chi connectivity index (χ0v) is 14.9. The average molecular weight is 358 g/mol. The fourth-order valence-electron chi connectivity index (χ4n) is 2.38. The number of thioether (sulfide) groups is 1. The molecular weight excluding hydrogens is 342 g/mol. The number of benzene rings is 2. The molecule has 24 heavy (non-hydrogen) atoms. The molecule has 0 atom stereocenters. The van der Waals surface area contributed by atoms with Crippen molar-refractivity contribution in [3.8, 4) is 11.4 Å². The Morgan fingerprint density at radius 2 is 1.92 bits per heavy atom. The van der Waals surface area contributed by atoms with E-state index in [1.165, 1.54) is 11.8 Å². The van der Waals surface area contributed by atoms with Crippen LogP contribution in [-0.2, 0) is 0 Å². The number of aryl methyl sites for hydroxylation is 2. The summed E-state index contributed by atoms with van der Waals surface area (Å²) >= 11 is 7.21. The highest BCUT2D eigenvalue weighted by atomic mass is 35.5. The maximum atomic E-state index is 12.4. The third kappa shape index (κ3) is 3.86. The smallest absolute Gasteiger partial charge is 0.209 e. The Balaban J connectivity index is 1.67. The van der Waals surface area contributed by atoms with Crippen molar-refractivity contribution in [2.45, 2.75) is 19.0 Å². The number of rotatable bonds is 5. The van der Waals surface area contributed by atoms with E-state index in [4.69, 9.17) is 11.6 Å².